The minimum absolute atomic E-state index is 0.0761. The van der Waals surface area contributed by atoms with Gasteiger partial charge in [-0.1, -0.05) is 38.1 Å². The van der Waals surface area contributed by atoms with Gasteiger partial charge in [0.05, 0.1) is 18.3 Å². The van der Waals surface area contributed by atoms with E-state index in [0.29, 0.717) is 13.1 Å². The molecule has 0 aliphatic carbocycles. The average molecular weight is 336 g/mol. The Kier molecular flexibility index (Phi) is 4.25. The molecule has 1 unspecified atom stereocenters. The summed E-state index contributed by atoms with van der Waals surface area (Å²) >= 11 is 0. The van der Waals surface area contributed by atoms with Crippen molar-refractivity contribution in [3.8, 4) is 0 Å². The van der Waals surface area contributed by atoms with E-state index in [1.54, 1.807) is 0 Å². The highest BCUT2D eigenvalue weighted by molar-refractivity contribution is 5.83. The molecule has 1 amide bonds. The van der Waals surface area contributed by atoms with Gasteiger partial charge in [-0.25, -0.2) is 9.97 Å². The van der Waals surface area contributed by atoms with E-state index in [0.717, 1.165) is 43.0 Å². The number of rotatable bonds is 3. The van der Waals surface area contributed by atoms with Crippen LogP contribution in [0.1, 0.15) is 42.1 Å². The molecule has 1 aromatic heterocycles. The molecular weight excluding hydrogens is 312 g/mol. The molecule has 130 valence electrons. The molecule has 0 saturated heterocycles. The molecule has 5 heteroatoms. The van der Waals surface area contributed by atoms with Gasteiger partial charge in [-0.3, -0.25) is 9.69 Å². The number of fused-ring (bicyclic) bond motifs is 2. The third-order valence-corrected chi connectivity index (χ3v) is 5.37. The number of hydrogen-bond donors (Lipinski definition) is 0. The van der Waals surface area contributed by atoms with Crippen LogP contribution in [0.5, 0.6) is 0 Å². The Morgan fingerprint density at radius 2 is 1.92 bits per heavy atom. The minimum Gasteiger partial charge on any atom is -0.331 e. The molecule has 3 heterocycles. The van der Waals surface area contributed by atoms with Crippen LogP contribution in [0.15, 0.2) is 30.5 Å². The normalized spacial score (nSPS) is 19.6. The quantitative estimate of drug-likeness (QED) is 0.863. The second kappa shape index (κ2) is 6.56. The number of nitrogens with zero attached hydrogens (tertiary/aromatic N) is 4. The number of benzene rings is 1. The van der Waals surface area contributed by atoms with Gasteiger partial charge < -0.3 is 4.90 Å². The summed E-state index contributed by atoms with van der Waals surface area (Å²) in [4.78, 5) is 26.5. The van der Waals surface area contributed by atoms with Gasteiger partial charge in [0.2, 0.25) is 5.91 Å². The van der Waals surface area contributed by atoms with E-state index in [4.69, 9.17) is 0 Å². The molecule has 0 fully saturated rings. The van der Waals surface area contributed by atoms with Crippen molar-refractivity contribution in [2.75, 3.05) is 6.54 Å². The topological polar surface area (TPSA) is 49.3 Å². The lowest BCUT2D eigenvalue weighted by Gasteiger charge is -2.37. The average Bonchev–Trinajstić information content (AvgIpc) is 3.09. The molecule has 0 N–H and O–H groups in total. The number of carbonyl (C=O) groups excluding carboxylic acids is 1. The number of amides is 1. The van der Waals surface area contributed by atoms with Gasteiger partial charge in [-0.2, -0.15) is 0 Å². The van der Waals surface area contributed by atoms with Crippen LogP contribution < -0.4 is 0 Å². The first-order valence-corrected chi connectivity index (χ1v) is 9.12. The first-order chi connectivity index (χ1) is 12.2. The number of hydrogen-bond acceptors (Lipinski definition) is 4. The van der Waals surface area contributed by atoms with E-state index in [2.05, 4.69) is 53.0 Å². The summed E-state index contributed by atoms with van der Waals surface area (Å²) in [5, 5.41) is 0. The monoisotopic (exact) mass is 336 g/mol. The summed E-state index contributed by atoms with van der Waals surface area (Å²) in [5.74, 6) is 1.07. The van der Waals surface area contributed by atoms with E-state index < -0.39 is 0 Å². The fourth-order valence-electron chi connectivity index (χ4n) is 3.88. The third kappa shape index (κ3) is 2.93. The first-order valence-electron chi connectivity index (χ1n) is 9.12. The predicted molar refractivity (Wildman–Crippen MR) is 95.7 cm³/mol. The molecule has 25 heavy (non-hydrogen) atoms. The zero-order chi connectivity index (χ0) is 17.4. The fourth-order valence-corrected chi connectivity index (χ4v) is 3.88. The third-order valence-electron chi connectivity index (χ3n) is 5.37. The Labute approximate surface area is 148 Å². The molecule has 2 aromatic rings. The van der Waals surface area contributed by atoms with Crippen LogP contribution in [0, 0.1) is 0 Å². The smallest absolute Gasteiger partial charge is 0.240 e. The van der Waals surface area contributed by atoms with Crippen LogP contribution in [0.25, 0.3) is 0 Å². The number of carbonyl (C=O) groups is 1. The van der Waals surface area contributed by atoms with Crippen molar-refractivity contribution in [3.05, 3.63) is 58.7 Å². The van der Waals surface area contributed by atoms with Crippen LogP contribution in [-0.2, 0) is 37.3 Å². The van der Waals surface area contributed by atoms with E-state index in [1.807, 2.05) is 11.1 Å². The molecule has 1 atom stereocenters. The molecule has 2 aliphatic heterocycles. The van der Waals surface area contributed by atoms with Gasteiger partial charge in [0.15, 0.2) is 0 Å². The van der Waals surface area contributed by atoms with E-state index >= 15 is 0 Å². The second-order valence-electron chi connectivity index (χ2n) is 6.86. The van der Waals surface area contributed by atoms with Crippen LogP contribution in [0.2, 0.25) is 0 Å². The lowest BCUT2D eigenvalue weighted by atomic mass is 9.93. The molecule has 1 aromatic carbocycles. The van der Waals surface area contributed by atoms with Gasteiger partial charge >= 0.3 is 0 Å². The van der Waals surface area contributed by atoms with Crippen molar-refractivity contribution in [1.29, 1.82) is 0 Å². The van der Waals surface area contributed by atoms with Crippen molar-refractivity contribution in [3.63, 3.8) is 0 Å². The lowest BCUT2D eigenvalue weighted by Crippen LogP contribution is -2.50. The summed E-state index contributed by atoms with van der Waals surface area (Å²) in [7, 11) is 0. The van der Waals surface area contributed by atoms with Crippen LogP contribution in [0.3, 0.4) is 0 Å². The highest BCUT2D eigenvalue weighted by atomic mass is 16.2. The molecule has 0 bridgehead atoms. The molecule has 4 rings (SSSR count). The van der Waals surface area contributed by atoms with Gasteiger partial charge in [-0.15, -0.1) is 0 Å². The Balaban J connectivity index is 1.55. The van der Waals surface area contributed by atoms with Gasteiger partial charge in [0.25, 0.3) is 0 Å². The van der Waals surface area contributed by atoms with Crippen molar-refractivity contribution in [2.24, 2.45) is 0 Å². The zero-order valence-electron chi connectivity index (χ0n) is 14.9. The summed E-state index contributed by atoms with van der Waals surface area (Å²) < 4.78 is 0. The fraction of sp³-hybridized carbons (Fsp3) is 0.450. The predicted octanol–water partition coefficient (Wildman–Crippen LogP) is 2.33. The van der Waals surface area contributed by atoms with E-state index in [1.165, 1.54) is 11.1 Å². The molecule has 0 spiro atoms. The van der Waals surface area contributed by atoms with Crippen molar-refractivity contribution >= 4 is 5.91 Å². The van der Waals surface area contributed by atoms with Gasteiger partial charge in [0.1, 0.15) is 5.82 Å². The van der Waals surface area contributed by atoms with Crippen molar-refractivity contribution < 1.29 is 4.79 Å². The standard InChI is InChI=1S/C20H24N4O/c1-3-19-21-10-16-12-24(13-17(16)22-19)20(25)18-9-14-7-5-6-8-15(14)11-23(18)4-2/h5-8,10,18H,3-4,9,11-13H2,1-2H3. The number of aryl methyl sites for hydroxylation is 1. The SMILES string of the molecule is CCc1ncc2c(n1)CN(C(=O)C1Cc3ccccc3CN1CC)C2. The Morgan fingerprint density at radius 3 is 2.68 bits per heavy atom. The molecule has 0 saturated carbocycles. The summed E-state index contributed by atoms with van der Waals surface area (Å²) in [6.45, 7) is 7.16. The molecule has 5 nitrogen and oxygen atoms in total. The van der Waals surface area contributed by atoms with E-state index in [-0.39, 0.29) is 11.9 Å². The van der Waals surface area contributed by atoms with E-state index in [9.17, 15) is 4.79 Å². The zero-order valence-corrected chi connectivity index (χ0v) is 14.9. The maximum atomic E-state index is 13.2. The van der Waals surface area contributed by atoms with Crippen molar-refractivity contribution in [1.82, 2.24) is 19.8 Å². The lowest BCUT2D eigenvalue weighted by molar-refractivity contribution is -0.138. The van der Waals surface area contributed by atoms with Crippen LogP contribution in [0.4, 0.5) is 0 Å². The van der Waals surface area contributed by atoms with Crippen LogP contribution in [-0.4, -0.2) is 38.3 Å². The van der Waals surface area contributed by atoms with Crippen LogP contribution >= 0.6 is 0 Å². The summed E-state index contributed by atoms with van der Waals surface area (Å²) in [5.41, 5.74) is 4.75. The maximum absolute atomic E-state index is 13.2. The van der Waals surface area contributed by atoms with Gasteiger partial charge in [0, 0.05) is 31.3 Å². The maximum Gasteiger partial charge on any atom is 0.240 e. The number of likely N-dealkylation sites (N-methyl/N-ethyl adjacent to an activating group) is 1. The largest absolute Gasteiger partial charge is 0.331 e. The molecular formula is C20H24N4O. The minimum atomic E-state index is -0.0761. The first kappa shape index (κ1) is 16.2. The number of aromatic nitrogens is 2. The summed E-state index contributed by atoms with van der Waals surface area (Å²) in [6.07, 6.45) is 3.51. The Bertz CT molecular complexity index is 804. The van der Waals surface area contributed by atoms with Crippen molar-refractivity contribution in [2.45, 2.75) is 52.4 Å². The van der Waals surface area contributed by atoms with Gasteiger partial charge in [-0.05, 0) is 24.1 Å². The Morgan fingerprint density at radius 1 is 1.12 bits per heavy atom. The molecule has 0 radical (unpaired) electrons. The Hall–Kier alpha value is -2.27. The highest BCUT2D eigenvalue weighted by Crippen LogP contribution is 2.27. The second-order valence-corrected chi connectivity index (χ2v) is 6.86. The molecule has 2 aliphatic rings. The highest BCUT2D eigenvalue weighted by Gasteiger charge is 2.35. The summed E-state index contributed by atoms with van der Waals surface area (Å²) in [6, 6.07) is 8.39.